The summed E-state index contributed by atoms with van der Waals surface area (Å²) in [6.45, 7) is 0.582. The van der Waals surface area contributed by atoms with Crippen LogP contribution in [0.3, 0.4) is 0 Å². The zero-order valence-corrected chi connectivity index (χ0v) is 17.5. The number of rotatable bonds is 5. The first-order valence-electron chi connectivity index (χ1n) is 10.2. The summed E-state index contributed by atoms with van der Waals surface area (Å²) in [6, 6.07) is 14.8. The van der Waals surface area contributed by atoms with E-state index in [9.17, 15) is 0 Å². The van der Waals surface area contributed by atoms with Gasteiger partial charge in [-0.15, -0.1) is 0 Å². The monoisotopic (exact) mass is 426 g/mol. The van der Waals surface area contributed by atoms with E-state index < -0.39 is 0 Å². The van der Waals surface area contributed by atoms with E-state index in [2.05, 4.69) is 46.3 Å². The van der Waals surface area contributed by atoms with Crippen LogP contribution in [-0.2, 0) is 12.0 Å². The molecule has 0 atom stereocenters. The van der Waals surface area contributed by atoms with E-state index in [1.807, 2.05) is 12.1 Å². The molecule has 2 nitrogen and oxygen atoms in total. The first-order chi connectivity index (χ1) is 13.1. The van der Waals surface area contributed by atoms with Crippen LogP contribution in [0.5, 0.6) is 11.5 Å². The first kappa shape index (κ1) is 17.6. The minimum Gasteiger partial charge on any atom is -0.493 e. The molecule has 4 bridgehead atoms. The fourth-order valence-corrected chi connectivity index (χ4v) is 6.87. The molecule has 3 heteroatoms. The predicted octanol–water partition coefficient (Wildman–Crippen LogP) is 6.50. The van der Waals surface area contributed by atoms with E-state index in [-0.39, 0.29) is 5.41 Å². The Morgan fingerprint density at radius 2 is 1.59 bits per heavy atom. The molecular weight excluding hydrogens is 400 g/mol. The third kappa shape index (κ3) is 3.18. The van der Waals surface area contributed by atoms with Crippen molar-refractivity contribution in [1.29, 1.82) is 0 Å². The Hall–Kier alpha value is -1.48. The standard InChI is InChI=1S/C24H27BrO2/c1-26-22-11-20(25)10-21(23(22)27-15-16-5-3-2-4-6-16)24-12-17-7-18(13-24)9-19(8-17)14-24/h2-6,10-11,17-19H,7-9,12-15H2,1H3. The van der Waals surface area contributed by atoms with Crippen molar-refractivity contribution in [1.82, 2.24) is 0 Å². The highest BCUT2D eigenvalue weighted by molar-refractivity contribution is 9.10. The highest BCUT2D eigenvalue weighted by Crippen LogP contribution is 2.62. The van der Waals surface area contributed by atoms with Crippen LogP contribution in [0, 0.1) is 17.8 Å². The van der Waals surface area contributed by atoms with Gasteiger partial charge in [-0.1, -0.05) is 46.3 Å². The molecule has 4 fully saturated rings. The highest BCUT2D eigenvalue weighted by atomic mass is 79.9. The second kappa shape index (κ2) is 6.84. The lowest BCUT2D eigenvalue weighted by molar-refractivity contribution is -0.00665. The summed E-state index contributed by atoms with van der Waals surface area (Å²) in [7, 11) is 1.75. The van der Waals surface area contributed by atoms with Gasteiger partial charge in [0.1, 0.15) is 6.61 Å². The maximum absolute atomic E-state index is 6.44. The zero-order chi connectivity index (χ0) is 18.4. The van der Waals surface area contributed by atoms with E-state index in [4.69, 9.17) is 9.47 Å². The Morgan fingerprint density at radius 3 is 2.19 bits per heavy atom. The molecule has 0 saturated heterocycles. The van der Waals surface area contributed by atoms with Crippen LogP contribution in [-0.4, -0.2) is 7.11 Å². The van der Waals surface area contributed by atoms with E-state index >= 15 is 0 Å². The summed E-state index contributed by atoms with van der Waals surface area (Å²) >= 11 is 3.73. The van der Waals surface area contributed by atoms with E-state index in [1.54, 1.807) is 7.11 Å². The molecule has 4 saturated carbocycles. The highest BCUT2D eigenvalue weighted by Gasteiger charge is 2.52. The maximum Gasteiger partial charge on any atom is 0.165 e. The van der Waals surface area contributed by atoms with Crippen molar-refractivity contribution in [3.8, 4) is 11.5 Å². The predicted molar refractivity (Wildman–Crippen MR) is 111 cm³/mol. The molecule has 0 N–H and O–H groups in total. The zero-order valence-electron chi connectivity index (χ0n) is 15.9. The Kier molecular flexibility index (Phi) is 4.46. The summed E-state index contributed by atoms with van der Waals surface area (Å²) in [5.41, 5.74) is 2.85. The number of hydrogen-bond donors (Lipinski definition) is 0. The lowest BCUT2D eigenvalue weighted by Crippen LogP contribution is -2.48. The summed E-state index contributed by atoms with van der Waals surface area (Å²) < 4.78 is 13.3. The molecule has 2 aromatic rings. The molecule has 0 spiro atoms. The molecule has 0 aliphatic heterocycles. The first-order valence-corrected chi connectivity index (χ1v) is 11.0. The fourth-order valence-electron chi connectivity index (χ4n) is 6.43. The molecule has 0 heterocycles. The van der Waals surface area contributed by atoms with Crippen molar-refractivity contribution >= 4 is 15.9 Å². The number of hydrogen-bond acceptors (Lipinski definition) is 2. The van der Waals surface area contributed by atoms with E-state index in [0.29, 0.717) is 6.61 Å². The minimum atomic E-state index is 0.276. The Balaban J connectivity index is 1.54. The number of ether oxygens (including phenoxy) is 2. The summed E-state index contributed by atoms with van der Waals surface area (Å²) in [4.78, 5) is 0. The molecule has 0 unspecified atom stereocenters. The van der Waals surface area contributed by atoms with Crippen molar-refractivity contribution in [2.24, 2.45) is 17.8 Å². The Bertz CT molecular complexity index is 794. The average molecular weight is 427 g/mol. The fraction of sp³-hybridized carbons (Fsp3) is 0.500. The maximum atomic E-state index is 6.44. The number of benzene rings is 2. The van der Waals surface area contributed by atoms with Crippen molar-refractivity contribution in [3.05, 3.63) is 58.1 Å². The van der Waals surface area contributed by atoms with Gasteiger partial charge >= 0.3 is 0 Å². The van der Waals surface area contributed by atoms with Crippen molar-refractivity contribution in [2.45, 2.75) is 50.5 Å². The second-order valence-corrected chi connectivity index (χ2v) is 9.87. The average Bonchev–Trinajstić information content (AvgIpc) is 2.66. The number of methoxy groups -OCH3 is 1. The van der Waals surface area contributed by atoms with Crippen LogP contribution < -0.4 is 9.47 Å². The van der Waals surface area contributed by atoms with Crippen LogP contribution >= 0.6 is 15.9 Å². The van der Waals surface area contributed by atoms with Gasteiger partial charge in [0.05, 0.1) is 7.11 Å². The molecule has 27 heavy (non-hydrogen) atoms. The molecule has 0 amide bonds. The molecular formula is C24H27BrO2. The van der Waals surface area contributed by atoms with E-state index in [1.165, 1.54) is 49.7 Å². The molecule has 4 aliphatic carbocycles. The van der Waals surface area contributed by atoms with Gasteiger partial charge in [0.25, 0.3) is 0 Å². The molecule has 4 aliphatic rings. The van der Waals surface area contributed by atoms with Gasteiger partial charge in [-0.3, -0.25) is 0 Å². The third-order valence-electron chi connectivity index (χ3n) is 7.08. The van der Waals surface area contributed by atoms with Gasteiger partial charge in [-0.2, -0.15) is 0 Å². The molecule has 0 radical (unpaired) electrons. The van der Waals surface area contributed by atoms with Gasteiger partial charge in [0, 0.05) is 10.0 Å². The minimum absolute atomic E-state index is 0.276. The van der Waals surface area contributed by atoms with Gasteiger partial charge in [-0.25, -0.2) is 0 Å². The summed E-state index contributed by atoms with van der Waals surface area (Å²) in [5.74, 6) is 4.53. The van der Waals surface area contributed by atoms with Crippen molar-refractivity contribution in [3.63, 3.8) is 0 Å². The third-order valence-corrected chi connectivity index (χ3v) is 7.53. The molecule has 2 aromatic carbocycles. The largest absolute Gasteiger partial charge is 0.493 e. The van der Waals surface area contributed by atoms with Gasteiger partial charge in [-0.05, 0) is 79.4 Å². The summed E-state index contributed by atoms with van der Waals surface area (Å²) in [5, 5.41) is 0. The van der Waals surface area contributed by atoms with Crippen LogP contribution in [0.15, 0.2) is 46.9 Å². The smallest absolute Gasteiger partial charge is 0.165 e. The molecule has 0 aromatic heterocycles. The normalized spacial score (nSPS) is 31.1. The van der Waals surface area contributed by atoms with Crippen molar-refractivity contribution in [2.75, 3.05) is 7.11 Å². The van der Waals surface area contributed by atoms with Crippen LogP contribution in [0.2, 0.25) is 0 Å². The molecule has 142 valence electrons. The van der Waals surface area contributed by atoms with Gasteiger partial charge < -0.3 is 9.47 Å². The Labute approximate surface area is 170 Å². The molecule has 6 rings (SSSR count). The lowest BCUT2D eigenvalue weighted by atomic mass is 9.48. The van der Waals surface area contributed by atoms with Crippen LogP contribution in [0.4, 0.5) is 0 Å². The number of halogens is 1. The van der Waals surface area contributed by atoms with Crippen LogP contribution in [0.1, 0.15) is 49.7 Å². The van der Waals surface area contributed by atoms with E-state index in [0.717, 1.165) is 33.7 Å². The van der Waals surface area contributed by atoms with Gasteiger partial charge in [0.2, 0.25) is 0 Å². The van der Waals surface area contributed by atoms with Crippen LogP contribution in [0.25, 0.3) is 0 Å². The lowest BCUT2D eigenvalue weighted by Gasteiger charge is -2.57. The quantitative estimate of drug-likeness (QED) is 0.542. The Morgan fingerprint density at radius 1 is 0.963 bits per heavy atom. The second-order valence-electron chi connectivity index (χ2n) is 8.96. The van der Waals surface area contributed by atoms with Crippen molar-refractivity contribution < 1.29 is 9.47 Å². The topological polar surface area (TPSA) is 18.5 Å². The summed E-state index contributed by atoms with van der Waals surface area (Å²) in [6.07, 6.45) is 8.31. The van der Waals surface area contributed by atoms with Gasteiger partial charge in [0.15, 0.2) is 11.5 Å². The SMILES string of the molecule is COc1cc(Br)cc(C23CC4CC(CC(C4)C2)C3)c1OCc1ccccc1.